The maximum atomic E-state index is 12.3. The zero-order valence-corrected chi connectivity index (χ0v) is 23.1. The minimum atomic E-state index is 0.0996. The van der Waals surface area contributed by atoms with Crippen molar-refractivity contribution in [1.82, 2.24) is 14.9 Å². The molecule has 0 atom stereocenters. The minimum absolute atomic E-state index is 0.0996. The number of para-hydroxylation sites is 2. The van der Waals surface area contributed by atoms with Crippen LogP contribution in [0.2, 0.25) is 0 Å². The van der Waals surface area contributed by atoms with E-state index in [4.69, 9.17) is 9.72 Å². The Morgan fingerprint density at radius 1 is 0.842 bits per heavy atom. The Labute approximate surface area is 227 Å². The second-order valence-electron chi connectivity index (χ2n) is 10.2. The smallest absolute Gasteiger partial charge is 0.224 e. The molecule has 3 aromatic carbocycles. The number of benzene rings is 3. The van der Waals surface area contributed by atoms with Crippen LogP contribution in [0.1, 0.15) is 60.2 Å². The highest BCUT2D eigenvalue weighted by molar-refractivity contribution is 5.78. The van der Waals surface area contributed by atoms with Gasteiger partial charge in [-0.15, -0.1) is 0 Å². The van der Waals surface area contributed by atoms with Gasteiger partial charge in [0.25, 0.3) is 0 Å². The van der Waals surface area contributed by atoms with Gasteiger partial charge in [0.1, 0.15) is 11.6 Å². The van der Waals surface area contributed by atoms with Crippen molar-refractivity contribution in [3.05, 3.63) is 94.8 Å². The Hall–Kier alpha value is -3.60. The molecule has 4 aromatic rings. The van der Waals surface area contributed by atoms with Crippen molar-refractivity contribution in [3.8, 4) is 5.75 Å². The summed E-state index contributed by atoms with van der Waals surface area (Å²) < 4.78 is 8.37. The number of carbonyl (C=O) groups excluding carboxylic acids is 1. The SMILES string of the molecule is Cc1ccc(OCCCCn2c(CCCCCNC(=O)Cc3ccccc3C)nc3ccccc32)cc1C. The average molecular weight is 512 g/mol. The van der Waals surface area contributed by atoms with Gasteiger partial charge in [0, 0.05) is 19.5 Å². The number of hydrogen-bond acceptors (Lipinski definition) is 3. The van der Waals surface area contributed by atoms with Gasteiger partial charge in [-0.1, -0.05) is 48.9 Å². The van der Waals surface area contributed by atoms with E-state index < -0.39 is 0 Å². The Bertz CT molecular complexity index is 1340. The van der Waals surface area contributed by atoms with Crippen LogP contribution in [0.4, 0.5) is 0 Å². The van der Waals surface area contributed by atoms with Crippen LogP contribution in [0.15, 0.2) is 66.7 Å². The number of nitrogens with zero attached hydrogens (tertiary/aromatic N) is 2. The summed E-state index contributed by atoms with van der Waals surface area (Å²) in [6, 6.07) is 22.8. The number of hydrogen-bond donors (Lipinski definition) is 1. The molecule has 5 nitrogen and oxygen atoms in total. The Kier molecular flexibility index (Phi) is 9.97. The third-order valence-electron chi connectivity index (χ3n) is 7.27. The summed E-state index contributed by atoms with van der Waals surface area (Å²) in [5, 5.41) is 3.08. The first-order valence-corrected chi connectivity index (χ1v) is 14.0. The molecule has 38 heavy (non-hydrogen) atoms. The maximum absolute atomic E-state index is 12.3. The van der Waals surface area contributed by atoms with E-state index in [1.54, 1.807) is 0 Å². The number of unbranched alkanes of at least 4 members (excludes halogenated alkanes) is 3. The van der Waals surface area contributed by atoms with Gasteiger partial charge in [-0.2, -0.15) is 0 Å². The van der Waals surface area contributed by atoms with Crippen LogP contribution in [-0.4, -0.2) is 28.6 Å². The highest BCUT2D eigenvalue weighted by Gasteiger charge is 2.10. The molecule has 0 aliphatic heterocycles. The van der Waals surface area contributed by atoms with Gasteiger partial charge < -0.3 is 14.6 Å². The molecule has 1 aromatic heterocycles. The van der Waals surface area contributed by atoms with Crippen LogP contribution in [0.25, 0.3) is 11.0 Å². The second-order valence-corrected chi connectivity index (χ2v) is 10.2. The van der Waals surface area contributed by atoms with E-state index in [-0.39, 0.29) is 5.91 Å². The molecule has 5 heteroatoms. The standard InChI is InChI=1S/C33H41N3O2/c1-25-18-19-29(23-27(25)3)38-22-12-11-21-36-31-16-9-8-15-30(31)35-32(36)17-5-4-10-20-34-33(37)24-28-14-7-6-13-26(28)2/h6-9,13-16,18-19,23H,4-5,10-12,17,20-22,24H2,1-3H3,(H,34,37). The monoisotopic (exact) mass is 511 g/mol. The zero-order chi connectivity index (χ0) is 26.7. The van der Waals surface area contributed by atoms with Crippen molar-refractivity contribution in [2.24, 2.45) is 0 Å². The first kappa shape index (κ1) is 27.4. The fourth-order valence-electron chi connectivity index (χ4n) is 4.79. The van der Waals surface area contributed by atoms with Crippen LogP contribution in [-0.2, 0) is 24.2 Å². The molecule has 1 heterocycles. The molecule has 1 N–H and O–H groups in total. The van der Waals surface area contributed by atoms with Crippen molar-refractivity contribution in [2.75, 3.05) is 13.2 Å². The summed E-state index contributed by atoms with van der Waals surface area (Å²) >= 11 is 0. The van der Waals surface area contributed by atoms with Gasteiger partial charge in [0.05, 0.1) is 24.1 Å². The minimum Gasteiger partial charge on any atom is -0.494 e. The van der Waals surface area contributed by atoms with E-state index in [1.165, 1.54) is 22.2 Å². The quantitative estimate of drug-likeness (QED) is 0.188. The second kappa shape index (κ2) is 13.8. The van der Waals surface area contributed by atoms with E-state index in [0.29, 0.717) is 6.42 Å². The van der Waals surface area contributed by atoms with Crippen molar-refractivity contribution in [1.29, 1.82) is 0 Å². The van der Waals surface area contributed by atoms with Crippen molar-refractivity contribution >= 4 is 16.9 Å². The van der Waals surface area contributed by atoms with E-state index in [9.17, 15) is 4.79 Å². The maximum Gasteiger partial charge on any atom is 0.224 e. The van der Waals surface area contributed by atoms with Crippen LogP contribution in [0.3, 0.4) is 0 Å². The normalized spacial score (nSPS) is 11.1. The summed E-state index contributed by atoms with van der Waals surface area (Å²) in [4.78, 5) is 17.2. The lowest BCUT2D eigenvalue weighted by Crippen LogP contribution is -2.26. The lowest BCUT2D eigenvalue weighted by atomic mass is 10.1. The number of amides is 1. The number of aryl methyl sites for hydroxylation is 5. The van der Waals surface area contributed by atoms with Gasteiger partial charge >= 0.3 is 0 Å². The fourth-order valence-corrected chi connectivity index (χ4v) is 4.79. The highest BCUT2D eigenvalue weighted by atomic mass is 16.5. The van der Waals surface area contributed by atoms with Gasteiger partial charge in [-0.25, -0.2) is 4.98 Å². The zero-order valence-electron chi connectivity index (χ0n) is 23.1. The molecule has 200 valence electrons. The van der Waals surface area contributed by atoms with Crippen LogP contribution >= 0.6 is 0 Å². The Morgan fingerprint density at radius 3 is 2.50 bits per heavy atom. The van der Waals surface area contributed by atoms with Crippen molar-refractivity contribution < 1.29 is 9.53 Å². The van der Waals surface area contributed by atoms with Gasteiger partial charge in [-0.05, 0) is 93.0 Å². The van der Waals surface area contributed by atoms with E-state index >= 15 is 0 Å². The summed E-state index contributed by atoms with van der Waals surface area (Å²) in [7, 11) is 0. The predicted octanol–water partition coefficient (Wildman–Crippen LogP) is 6.89. The van der Waals surface area contributed by atoms with Crippen molar-refractivity contribution in [2.45, 2.75) is 72.3 Å². The third-order valence-corrected chi connectivity index (χ3v) is 7.27. The summed E-state index contributed by atoms with van der Waals surface area (Å²) in [6.45, 7) is 8.69. The first-order valence-electron chi connectivity index (χ1n) is 14.0. The van der Waals surface area contributed by atoms with Crippen LogP contribution in [0, 0.1) is 20.8 Å². The molecule has 0 bridgehead atoms. The van der Waals surface area contributed by atoms with Crippen LogP contribution in [0.5, 0.6) is 5.75 Å². The Morgan fingerprint density at radius 2 is 1.66 bits per heavy atom. The molecule has 0 saturated carbocycles. The van der Waals surface area contributed by atoms with Gasteiger partial charge in [-0.3, -0.25) is 4.79 Å². The highest BCUT2D eigenvalue weighted by Crippen LogP contribution is 2.20. The number of ether oxygens (including phenoxy) is 1. The molecule has 0 radical (unpaired) electrons. The molecule has 0 aliphatic carbocycles. The molecule has 0 aliphatic rings. The molecular formula is C33H41N3O2. The molecule has 1 amide bonds. The average Bonchev–Trinajstić information content (AvgIpc) is 3.26. The topological polar surface area (TPSA) is 56.1 Å². The summed E-state index contributed by atoms with van der Waals surface area (Å²) in [5.41, 5.74) is 7.10. The number of aromatic nitrogens is 2. The number of carbonyl (C=O) groups is 1. The predicted molar refractivity (Wildman–Crippen MR) is 156 cm³/mol. The largest absolute Gasteiger partial charge is 0.494 e. The lowest BCUT2D eigenvalue weighted by Gasteiger charge is -2.11. The fraction of sp³-hybridized carbons (Fsp3) is 0.394. The van der Waals surface area contributed by atoms with Crippen molar-refractivity contribution in [3.63, 3.8) is 0 Å². The van der Waals surface area contributed by atoms with Gasteiger partial charge in [0.15, 0.2) is 0 Å². The molecule has 0 fully saturated rings. The van der Waals surface area contributed by atoms with Crippen LogP contribution < -0.4 is 10.1 Å². The third kappa shape index (κ3) is 7.70. The first-order chi connectivity index (χ1) is 18.5. The lowest BCUT2D eigenvalue weighted by molar-refractivity contribution is -0.120. The number of fused-ring (bicyclic) bond motifs is 1. The molecule has 4 rings (SSSR count). The number of nitrogens with one attached hydrogen (secondary N) is 1. The summed E-state index contributed by atoms with van der Waals surface area (Å²) in [6.07, 6.45) is 6.56. The van der Waals surface area contributed by atoms with E-state index in [1.807, 2.05) is 18.2 Å². The Balaban J connectivity index is 1.20. The summed E-state index contributed by atoms with van der Waals surface area (Å²) in [5.74, 6) is 2.21. The van der Waals surface area contributed by atoms with Gasteiger partial charge in [0.2, 0.25) is 5.91 Å². The molecule has 0 spiro atoms. The number of rotatable bonds is 14. The molecule has 0 unspecified atom stereocenters. The molecular weight excluding hydrogens is 470 g/mol. The molecule has 0 saturated heterocycles. The van der Waals surface area contributed by atoms with E-state index in [2.05, 4.69) is 79.2 Å². The number of imidazole rings is 1. The van der Waals surface area contributed by atoms with E-state index in [0.717, 1.165) is 80.9 Å².